The SMILES string of the molecule is CC(=O)Nc1nc(-c2ccc(CCC(=O)CNC(=N)N)cc2)cs1.Cl. The normalized spacial score (nSPS) is 9.80. The molecule has 0 aliphatic carbocycles. The summed E-state index contributed by atoms with van der Waals surface area (Å²) in [6.07, 6.45) is 1.02. The third-order valence-corrected chi connectivity index (χ3v) is 3.96. The minimum atomic E-state index is -0.199. The number of carbonyl (C=O) groups is 2. The van der Waals surface area contributed by atoms with Gasteiger partial charge in [0.2, 0.25) is 5.91 Å². The topological polar surface area (TPSA) is 121 Å². The van der Waals surface area contributed by atoms with Crippen LogP contribution >= 0.6 is 23.7 Å². The molecule has 1 aromatic carbocycles. The van der Waals surface area contributed by atoms with E-state index in [-0.39, 0.29) is 36.6 Å². The highest BCUT2D eigenvalue weighted by Crippen LogP contribution is 2.25. The van der Waals surface area contributed by atoms with Crippen molar-refractivity contribution in [2.24, 2.45) is 5.73 Å². The first-order valence-electron chi connectivity index (χ1n) is 7.36. The van der Waals surface area contributed by atoms with E-state index in [0.717, 1.165) is 16.8 Å². The largest absolute Gasteiger partial charge is 0.370 e. The summed E-state index contributed by atoms with van der Waals surface area (Å²) in [5.74, 6) is -0.335. The molecule has 0 atom stereocenters. The summed E-state index contributed by atoms with van der Waals surface area (Å²) < 4.78 is 0. The van der Waals surface area contributed by atoms with Gasteiger partial charge in [0.25, 0.3) is 0 Å². The van der Waals surface area contributed by atoms with Gasteiger partial charge < -0.3 is 16.4 Å². The van der Waals surface area contributed by atoms with E-state index in [0.29, 0.717) is 18.0 Å². The molecule has 134 valence electrons. The first kappa shape index (κ1) is 20.6. The molecule has 0 aliphatic heterocycles. The van der Waals surface area contributed by atoms with Crippen LogP contribution in [0.4, 0.5) is 5.13 Å². The van der Waals surface area contributed by atoms with Crippen LogP contribution in [0.15, 0.2) is 29.6 Å². The first-order valence-corrected chi connectivity index (χ1v) is 8.24. The summed E-state index contributed by atoms with van der Waals surface area (Å²) in [6, 6.07) is 7.80. The van der Waals surface area contributed by atoms with Crippen LogP contribution in [0.2, 0.25) is 0 Å². The van der Waals surface area contributed by atoms with Gasteiger partial charge in [-0.3, -0.25) is 15.0 Å². The molecular weight excluding hydrogens is 362 g/mol. The number of hydrogen-bond acceptors (Lipinski definition) is 5. The number of guanidine groups is 1. The van der Waals surface area contributed by atoms with Crippen molar-refractivity contribution in [3.05, 3.63) is 35.2 Å². The molecule has 0 saturated heterocycles. The summed E-state index contributed by atoms with van der Waals surface area (Å²) in [7, 11) is 0. The predicted octanol–water partition coefficient (Wildman–Crippen LogP) is 2.18. The van der Waals surface area contributed by atoms with Crippen molar-refractivity contribution >= 4 is 46.5 Å². The summed E-state index contributed by atoms with van der Waals surface area (Å²) in [6.45, 7) is 1.53. The van der Waals surface area contributed by atoms with E-state index in [1.165, 1.54) is 18.3 Å². The van der Waals surface area contributed by atoms with Crippen LogP contribution in [-0.2, 0) is 16.0 Å². The summed E-state index contributed by atoms with van der Waals surface area (Å²) in [5, 5.41) is 14.6. The van der Waals surface area contributed by atoms with Gasteiger partial charge in [0.15, 0.2) is 16.9 Å². The Hall–Kier alpha value is -2.45. The van der Waals surface area contributed by atoms with Crippen molar-refractivity contribution in [3.63, 3.8) is 0 Å². The molecule has 1 amide bonds. The Bertz CT molecular complexity index is 745. The maximum Gasteiger partial charge on any atom is 0.223 e. The van der Waals surface area contributed by atoms with Crippen LogP contribution in [0.25, 0.3) is 11.3 Å². The molecule has 1 heterocycles. The molecule has 0 radical (unpaired) electrons. The highest BCUT2D eigenvalue weighted by molar-refractivity contribution is 7.14. The van der Waals surface area contributed by atoms with Gasteiger partial charge in [-0.25, -0.2) is 4.98 Å². The molecule has 7 nitrogen and oxygen atoms in total. The molecule has 1 aromatic heterocycles. The second kappa shape index (κ2) is 9.75. The van der Waals surface area contributed by atoms with Crippen LogP contribution in [0.1, 0.15) is 18.9 Å². The van der Waals surface area contributed by atoms with Crippen molar-refractivity contribution < 1.29 is 9.59 Å². The maximum atomic E-state index is 11.6. The number of benzene rings is 1. The third kappa shape index (κ3) is 6.90. The minimum absolute atomic E-state index is 0. The molecule has 25 heavy (non-hydrogen) atoms. The number of aromatic nitrogens is 1. The average Bonchev–Trinajstić information content (AvgIpc) is 2.99. The van der Waals surface area contributed by atoms with Crippen molar-refractivity contribution in [1.82, 2.24) is 10.3 Å². The Balaban J connectivity index is 0.00000312. The molecule has 2 aromatic rings. The number of aryl methyl sites for hydroxylation is 1. The number of thiazole rings is 1. The lowest BCUT2D eigenvalue weighted by atomic mass is 10.0. The van der Waals surface area contributed by atoms with E-state index in [9.17, 15) is 9.59 Å². The van der Waals surface area contributed by atoms with Crippen LogP contribution in [0, 0.1) is 5.41 Å². The first-order chi connectivity index (χ1) is 11.4. The van der Waals surface area contributed by atoms with E-state index in [1.807, 2.05) is 29.6 Å². The molecule has 0 fully saturated rings. The second-order valence-electron chi connectivity index (χ2n) is 5.22. The molecule has 2 rings (SSSR count). The number of nitrogens with zero attached hydrogens (tertiary/aromatic N) is 1. The fourth-order valence-corrected chi connectivity index (χ4v) is 2.79. The van der Waals surface area contributed by atoms with Gasteiger partial charge >= 0.3 is 0 Å². The minimum Gasteiger partial charge on any atom is -0.370 e. The quantitative estimate of drug-likeness (QED) is 0.432. The number of nitrogens with two attached hydrogens (primary N) is 1. The fourth-order valence-electron chi connectivity index (χ4n) is 2.02. The average molecular weight is 382 g/mol. The van der Waals surface area contributed by atoms with Crippen molar-refractivity contribution in [2.45, 2.75) is 19.8 Å². The maximum absolute atomic E-state index is 11.6. The van der Waals surface area contributed by atoms with Gasteiger partial charge in [0.05, 0.1) is 12.2 Å². The number of nitrogens with one attached hydrogen (secondary N) is 3. The number of carbonyl (C=O) groups excluding carboxylic acids is 2. The summed E-state index contributed by atoms with van der Waals surface area (Å²) in [5.41, 5.74) is 7.95. The van der Waals surface area contributed by atoms with Crippen molar-refractivity contribution in [3.8, 4) is 11.3 Å². The fraction of sp³-hybridized carbons (Fsp3) is 0.250. The molecule has 0 aliphatic rings. The van der Waals surface area contributed by atoms with Crippen LogP contribution < -0.4 is 16.4 Å². The van der Waals surface area contributed by atoms with Crippen molar-refractivity contribution in [1.29, 1.82) is 5.41 Å². The standard InChI is InChI=1S/C16H19N5O2S.ClH/c1-10(22)20-16-21-14(9-24-16)12-5-2-11(3-6-12)4-7-13(23)8-19-15(17)18;/h2-3,5-6,9H,4,7-8H2,1H3,(H4,17,18,19)(H,20,21,22);1H. The van der Waals surface area contributed by atoms with E-state index in [1.54, 1.807) is 0 Å². The number of ketones is 1. The third-order valence-electron chi connectivity index (χ3n) is 3.21. The number of rotatable bonds is 7. The monoisotopic (exact) mass is 381 g/mol. The van der Waals surface area contributed by atoms with Gasteiger partial charge in [-0.1, -0.05) is 24.3 Å². The van der Waals surface area contributed by atoms with Gasteiger partial charge in [-0.05, 0) is 12.0 Å². The van der Waals surface area contributed by atoms with E-state index < -0.39 is 0 Å². The highest BCUT2D eigenvalue weighted by Gasteiger charge is 2.07. The lowest BCUT2D eigenvalue weighted by Crippen LogP contribution is -2.34. The van der Waals surface area contributed by atoms with Gasteiger partial charge in [0, 0.05) is 24.3 Å². The second-order valence-corrected chi connectivity index (χ2v) is 6.08. The Morgan fingerprint density at radius 3 is 2.56 bits per heavy atom. The number of anilines is 1. The zero-order valence-corrected chi connectivity index (χ0v) is 15.3. The van der Waals surface area contributed by atoms with E-state index in [4.69, 9.17) is 11.1 Å². The predicted molar refractivity (Wildman–Crippen MR) is 102 cm³/mol. The zero-order chi connectivity index (χ0) is 17.5. The molecule has 0 spiro atoms. The molecular formula is C16H20ClN5O2S. The number of hydrogen-bond donors (Lipinski definition) is 4. The number of halogens is 1. The van der Waals surface area contributed by atoms with Gasteiger partial charge in [-0.15, -0.1) is 23.7 Å². The number of amides is 1. The lowest BCUT2D eigenvalue weighted by molar-refractivity contribution is -0.118. The summed E-state index contributed by atoms with van der Waals surface area (Å²) in [4.78, 5) is 27.0. The van der Waals surface area contributed by atoms with Crippen LogP contribution in [0.5, 0.6) is 0 Å². The van der Waals surface area contributed by atoms with Gasteiger partial charge in [0.1, 0.15) is 0 Å². The molecule has 5 N–H and O–H groups in total. The van der Waals surface area contributed by atoms with Gasteiger partial charge in [-0.2, -0.15) is 0 Å². The smallest absolute Gasteiger partial charge is 0.223 e. The van der Waals surface area contributed by atoms with Crippen LogP contribution in [0.3, 0.4) is 0 Å². The number of Topliss-reactive ketones (excluding diaryl/α,β-unsaturated/α-hetero) is 1. The zero-order valence-electron chi connectivity index (χ0n) is 13.7. The van der Waals surface area contributed by atoms with Crippen molar-refractivity contribution in [2.75, 3.05) is 11.9 Å². The Labute approximate surface area is 156 Å². The van der Waals surface area contributed by atoms with E-state index in [2.05, 4.69) is 15.6 Å². The lowest BCUT2D eigenvalue weighted by Gasteiger charge is -2.04. The molecule has 0 bridgehead atoms. The Morgan fingerprint density at radius 2 is 1.96 bits per heavy atom. The summed E-state index contributed by atoms with van der Waals surface area (Å²) >= 11 is 1.38. The van der Waals surface area contributed by atoms with E-state index >= 15 is 0 Å². The molecule has 9 heteroatoms. The Kier molecular flexibility index (Phi) is 8.03. The Morgan fingerprint density at radius 1 is 1.28 bits per heavy atom. The molecule has 0 unspecified atom stereocenters. The van der Waals surface area contributed by atoms with Crippen LogP contribution in [-0.4, -0.2) is 29.2 Å². The highest BCUT2D eigenvalue weighted by atomic mass is 35.5. The molecule has 0 saturated carbocycles.